The molecule has 0 saturated carbocycles. The fourth-order valence-electron chi connectivity index (χ4n) is 1.13. The van der Waals surface area contributed by atoms with Gasteiger partial charge in [0.1, 0.15) is 0 Å². The lowest BCUT2D eigenvalue weighted by molar-refractivity contribution is -0.131. The van der Waals surface area contributed by atoms with E-state index in [1.165, 1.54) is 0 Å². The highest BCUT2D eigenvalue weighted by Gasteiger charge is 2.22. The van der Waals surface area contributed by atoms with Crippen LogP contribution in [0.4, 0.5) is 8.78 Å². The van der Waals surface area contributed by atoms with Gasteiger partial charge in [0.2, 0.25) is 0 Å². The maximum atomic E-state index is 13.1. The molecule has 0 heterocycles. The minimum atomic E-state index is -1.80. The maximum Gasteiger partial charge on any atom is 0.377 e. The Bertz CT molecular complexity index is 427. The van der Waals surface area contributed by atoms with E-state index in [0.29, 0.717) is 12.0 Å². The SMILES string of the molecule is CCc1cc(F)c(F)c(C(=O)C(=O)O)c1. The smallest absolute Gasteiger partial charge is 0.377 e. The first-order valence-corrected chi connectivity index (χ1v) is 4.23. The number of rotatable bonds is 3. The molecule has 0 aliphatic heterocycles. The van der Waals surface area contributed by atoms with Crippen LogP contribution in [0.2, 0.25) is 0 Å². The number of Topliss-reactive ketones (excluding diaryl/α,β-unsaturated/α-hetero) is 1. The molecule has 0 unspecified atom stereocenters. The zero-order chi connectivity index (χ0) is 11.6. The van der Waals surface area contributed by atoms with Gasteiger partial charge in [-0.05, 0) is 24.1 Å². The first-order chi connectivity index (χ1) is 6.97. The van der Waals surface area contributed by atoms with Gasteiger partial charge in [0.05, 0.1) is 5.56 Å². The summed E-state index contributed by atoms with van der Waals surface area (Å²) < 4.78 is 26.0. The molecule has 0 aromatic heterocycles. The number of carboxylic acid groups (broad SMARTS) is 1. The van der Waals surface area contributed by atoms with Crippen molar-refractivity contribution < 1.29 is 23.5 Å². The average Bonchev–Trinajstić information content (AvgIpc) is 2.20. The van der Waals surface area contributed by atoms with Gasteiger partial charge in [-0.1, -0.05) is 6.92 Å². The number of halogens is 2. The van der Waals surface area contributed by atoms with Crippen molar-refractivity contribution in [2.45, 2.75) is 13.3 Å². The molecule has 80 valence electrons. The number of aliphatic carboxylic acids is 1. The molecule has 0 aliphatic carbocycles. The van der Waals surface area contributed by atoms with Gasteiger partial charge in [0.25, 0.3) is 5.78 Å². The summed E-state index contributed by atoms with van der Waals surface area (Å²) >= 11 is 0. The number of aryl methyl sites for hydroxylation is 1. The standard InChI is InChI=1S/C10H8F2O3/c1-2-5-3-6(9(13)10(14)15)8(12)7(11)4-5/h3-4H,2H2,1H3,(H,14,15). The lowest BCUT2D eigenvalue weighted by Gasteiger charge is -2.03. The van der Waals surface area contributed by atoms with E-state index in [2.05, 4.69) is 0 Å². The van der Waals surface area contributed by atoms with Crippen LogP contribution in [0.3, 0.4) is 0 Å². The highest BCUT2D eigenvalue weighted by Crippen LogP contribution is 2.16. The molecule has 15 heavy (non-hydrogen) atoms. The van der Waals surface area contributed by atoms with E-state index < -0.39 is 29.0 Å². The zero-order valence-corrected chi connectivity index (χ0v) is 7.88. The summed E-state index contributed by atoms with van der Waals surface area (Å²) in [7, 11) is 0. The Morgan fingerprint density at radius 1 is 1.33 bits per heavy atom. The predicted molar refractivity (Wildman–Crippen MR) is 47.7 cm³/mol. The maximum absolute atomic E-state index is 13.1. The molecule has 0 bridgehead atoms. The van der Waals surface area contributed by atoms with Crippen LogP contribution in [0.15, 0.2) is 12.1 Å². The number of hydrogen-bond acceptors (Lipinski definition) is 2. The van der Waals surface area contributed by atoms with E-state index in [0.717, 1.165) is 12.1 Å². The summed E-state index contributed by atoms with van der Waals surface area (Å²) in [6.45, 7) is 1.68. The second kappa shape index (κ2) is 4.16. The monoisotopic (exact) mass is 214 g/mol. The summed E-state index contributed by atoms with van der Waals surface area (Å²) in [4.78, 5) is 21.3. The lowest BCUT2D eigenvalue weighted by Crippen LogP contribution is -2.15. The molecule has 5 heteroatoms. The van der Waals surface area contributed by atoms with Crippen molar-refractivity contribution in [3.05, 3.63) is 34.9 Å². The van der Waals surface area contributed by atoms with Crippen LogP contribution in [0.25, 0.3) is 0 Å². The van der Waals surface area contributed by atoms with Gasteiger partial charge < -0.3 is 5.11 Å². The lowest BCUT2D eigenvalue weighted by atomic mass is 10.0. The van der Waals surface area contributed by atoms with Gasteiger partial charge in [-0.15, -0.1) is 0 Å². The van der Waals surface area contributed by atoms with Crippen LogP contribution in [0.5, 0.6) is 0 Å². The fraction of sp³-hybridized carbons (Fsp3) is 0.200. The van der Waals surface area contributed by atoms with E-state index in [-0.39, 0.29) is 0 Å². The van der Waals surface area contributed by atoms with Crippen molar-refractivity contribution in [1.29, 1.82) is 0 Å². The Hall–Kier alpha value is -1.78. The molecular weight excluding hydrogens is 206 g/mol. The quantitative estimate of drug-likeness (QED) is 0.616. The molecule has 0 spiro atoms. The topological polar surface area (TPSA) is 54.4 Å². The Morgan fingerprint density at radius 3 is 2.40 bits per heavy atom. The van der Waals surface area contributed by atoms with Gasteiger partial charge >= 0.3 is 5.97 Å². The third-order valence-corrected chi connectivity index (χ3v) is 1.94. The first kappa shape index (κ1) is 11.3. The van der Waals surface area contributed by atoms with Crippen molar-refractivity contribution >= 4 is 11.8 Å². The van der Waals surface area contributed by atoms with Crippen LogP contribution in [0.1, 0.15) is 22.8 Å². The fourth-order valence-corrected chi connectivity index (χ4v) is 1.13. The van der Waals surface area contributed by atoms with Crippen LogP contribution in [-0.4, -0.2) is 16.9 Å². The Morgan fingerprint density at radius 2 is 1.93 bits per heavy atom. The van der Waals surface area contributed by atoms with Crippen molar-refractivity contribution in [3.63, 3.8) is 0 Å². The summed E-state index contributed by atoms with van der Waals surface area (Å²) in [5.41, 5.74) is -0.363. The minimum absolute atomic E-state index is 0.374. The van der Waals surface area contributed by atoms with Gasteiger partial charge in [0.15, 0.2) is 11.6 Å². The van der Waals surface area contributed by atoms with E-state index in [1.54, 1.807) is 6.92 Å². The van der Waals surface area contributed by atoms with E-state index in [4.69, 9.17) is 5.11 Å². The number of carbonyl (C=O) groups is 2. The first-order valence-electron chi connectivity index (χ1n) is 4.23. The minimum Gasteiger partial charge on any atom is -0.475 e. The second-order valence-electron chi connectivity index (χ2n) is 2.93. The molecule has 0 saturated heterocycles. The van der Waals surface area contributed by atoms with Gasteiger partial charge in [-0.25, -0.2) is 13.6 Å². The van der Waals surface area contributed by atoms with Crippen LogP contribution in [-0.2, 0) is 11.2 Å². The summed E-state index contributed by atoms with van der Waals surface area (Å²) in [5.74, 6) is -5.87. The Kier molecular flexibility index (Phi) is 3.14. The molecule has 1 rings (SSSR count). The van der Waals surface area contributed by atoms with Gasteiger partial charge in [-0.3, -0.25) is 4.79 Å². The van der Waals surface area contributed by atoms with E-state index in [1.807, 2.05) is 0 Å². The average molecular weight is 214 g/mol. The number of benzene rings is 1. The molecule has 3 nitrogen and oxygen atoms in total. The number of hydrogen-bond donors (Lipinski definition) is 1. The third-order valence-electron chi connectivity index (χ3n) is 1.94. The highest BCUT2D eigenvalue weighted by atomic mass is 19.2. The summed E-state index contributed by atoms with van der Waals surface area (Å²) in [6.07, 6.45) is 0.386. The van der Waals surface area contributed by atoms with E-state index in [9.17, 15) is 18.4 Å². The van der Waals surface area contributed by atoms with Crippen molar-refractivity contribution in [3.8, 4) is 0 Å². The molecule has 0 amide bonds. The number of ketones is 1. The molecular formula is C10H8F2O3. The van der Waals surface area contributed by atoms with E-state index >= 15 is 0 Å². The molecule has 0 atom stereocenters. The summed E-state index contributed by atoms with van der Waals surface area (Å²) in [6, 6.07) is 1.99. The Labute approximate surface area is 84.3 Å². The normalized spacial score (nSPS) is 10.1. The van der Waals surface area contributed by atoms with Gasteiger partial charge in [-0.2, -0.15) is 0 Å². The van der Waals surface area contributed by atoms with Gasteiger partial charge in [0, 0.05) is 0 Å². The van der Waals surface area contributed by atoms with Crippen LogP contribution >= 0.6 is 0 Å². The van der Waals surface area contributed by atoms with Crippen LogP contribution < -0.4 is 0 Å². The second-order valence-corrected chi connectivity index (χ2v) is 2.93. The van der Waals surface area contributed by atoms with Crippen molar-refractivity contribution in [2.24, 2.45) is 0 Å². The predicted octanol–water partition coefficient (Wildman–Crippen LogP) is 1.79. The molecule has 1 N–H and O–H groups in total. The molecule has 0 fully saturated rings. The molecule has 1 aromatic carbocycles. The van der Waals surface area contributed by atoms with Crippen molar-refractivity contribution in [1.82, 2.24) is 0 Å². The Balaban J connectivity index is 3.34. The molecule has 1 aromatic rings. The number of carboxylic acids is 1. The third kappa shape index (κ3) is 2.18. The van der Waals surface area contributed by atoms with Crippen LogP contribution in [0, 0.1) is 11.6 Å². The highest BCUT2D eigenvalue weighted by molar-refractivity contribution is 6.39. The molecule has 0 radical (unpaired) electrons. The zero-order valence-electron chi connectivity index (χ0n) is 7.88. The largest absolute Gasteiger partial charge is 0.475 e. The molecule has 0 aliphatic rings. The van der Waals surface area contributed by atoms with Crippen molar-refractivity contribution in [2.75, 3.05) is 0 Å². The summed E-state index contributed by atoms with van der Waals surface area (Å²) in [5, 5.41) is 8.38. The number of carbonyl (C=O) groups excluding carboxylic acids is 1.